The molecule has 2 nitrogen and oxygen atoms in total. The van der Waals surface area contributed by atoms with Gasteiger partial charge in [0.05, 0.1) is 0 Å². The smallest absolute Gasteiger partial charge is 0.0442 e. The van der Waals surface area contributed by atoms with Crippen LogP contribution in [0.4, 0.5) is 0 Å². The van der Waals surface area contributed by atoms with Gasteiger partial charge in [0, 0.05) is 37.1 Å². The molecule has 1 aromatic heterocycles. The Hall–Kier alpha value is -0.380. The van der Waals surface area contributed by atoms with Crippen LogP contribution < -0.4 is 5.32 Å². The summed E-state index contributed by atoms with van der Waals surface area (Å²) >= 11 is 1.91. The summed E-state index contributed by atoms with van der Waals surface area (Å²) in [6.07, 6.45) is 3.96. The van der Waals surface area contributed by atoms with Gasteiger partial charge in [-0.3, -0.25) is 4.90 Å². The maximum absolute atomic E-state index is 3.43. The van der Waals surface area contributed by atoms with Crippen LogP contribution in [-0.2, 0) is 0 Å². The zero-order chi connectivity index (χ0) is 11.2. The van der Waals surface area contributed by atoms with E-state index in [2.05, 4.69) is 34.7 Å². The Kier molecular flexibility index (Phi) is 4.82. The Labute approximate surface area is 103 Å². The monoisotopic (exact) mass is 238 g/mol. The molecule has 1 aromatic rings. The van der Waals surface area contributed by atoms with E-state index in [0.717, 1.165) is 13.1 Å². The number of unbranched alkanes of at least 4 members (excludes halogenated alkanes) is 1. The van der Waals surface area contributed by atoms with E-state index in [9.17, 15) is 0 Å². The molecule has 1 N–H and O–H groups in total. The molecule has 1 fully saturated rings. The van der Waals surface area contributed by atoms with Crippen molar-refractivity contribution in [2.45, 2.75) is 32.2 Å². The van der Waals surface area contributed by atoms with E-state index in [0.29, 0.717) is 6.04 Å². The molecule has 0 aromatic carbocycles. The van der Waals surface area contributed by atoms with Crippen LogP contribution in [0.15, 0.2) is 17.5 Å². The Morgan fingerprint density at radius 3 is 2.88 bits per heavy atom. The van der Waals surface area contributed by atoms with Gasteiger partial charge in [0.1, 0.15) is 0 Å². The normalized spacial score (nSPS) is 19.8. The molecule has 0 amide bonds. The van der Waals surface area contributed by atoms with E-state index < -0.39 is 0 Å². The van der Waals surface area contributed by atoms with E-state index in [-0.39, 0.29) is 0 Å². The molecule has 0 aliphatic carbocycles. The third kappa shape index (κ3) is 3.06. The standard InChI is InChI=1S/C13H22N2S/c1-2-3-5-12(13-6-4-11-16-13)15-9-7-14-8-10-15/h4,6,11-12,14H,2-3,5,7-10H2,1H3/t12-/m1/s1. The molecule has 1 atom stereocenters. The summed E-state index contributed by atoms with van der Waals surface area (Å²) in [5.74, 6) is 0. The van der Waals surface area contributed by atoms with Crippen molar-refractivity contribution in [3.05, 3.63) is 22.4 Å². The molecule has 0 unspecified atom stereocenters. The minimum absolute atomic E-state index is 0.669. The highest BCUT2D eigenvalue weighted by Gasteiger charge is 2.21. The average molecular weight is 238 g/mol. The molecule has 0 bridgehead atoms. The third-order valence-corrected chi connectivity index (χ3v) is 4.27. The van der Waals surface area contributed by atoms with Crippen LogP contribution in [0.25, 0.3) is 0 Å². The first-order chi connectivity index (χ1) is 7.92. The predicted molar refractivity (Wildman–Crippen MR) is 71.0 cm³/mol. The summed E-state index contributed by atoms with van der Waals surface area (Å²) in [5, 5.41) is 5.64. The first-order valence-corrected chi connectivity index (χ1v) is 7.28. The molecule has 1 aliphatic rings. The maximum atomic E-state index is 3.43. The second-order valence-electron chi connectivity index (χ2n) is 4.46. The molecule has 1 aliphatic heterocycles. The average Bonchev–Trinajstić information content (AvgIpc) is 2.85. The van der Waals surface area contributed by atoms with Gasteiger partial charge in [-0.05, 0) is 17.9 Å². The van der Waals surface area contributed by atoms with Gasteiger partial charge >= 0.3 is 0 Å². The van der Waals surface area contributed by atoms with Gasteiger partial charge in [0.2, 0.25) is 0 Å². The lowest BCUT2D eigenvalue weighted by Gasteiger charge is -2.34. The molecular weight excluding hydrogens is 216 g/mol. The van der Waals surface area contributed by atoms with Crippen molar-refractivity contribution in [2.24, 2.45) is 0 Å². The maximum Gasteiger partial charge on any atom is 0.0442 e. The Bertz CT molecular complexity index is 278. The lowest BCUT2D eigenvalue weighted by molar-refractivity contribution is 0.165. The van der Waals surface area contributed by atoms with Gasteiger partial charge < -0.3 is 5.32 Å². The van der Waals surface area contributed by atoms with Gasteiger partial charge in [-0.2, -0.15) is 0 Å². The lowest BCUT2D eigenvalue weighted by Crippen LogP contribution is -2.45. The second-order valence-corrected chi connectivity index (χ2v) is 5.44. The largest absolute Gasteiger partial charge is 0.314 e. The van der Waals surface area contributed by atoms with Crippen LogP contribution in [0.3, 0.4) is 0 Å². The van der Waals surface area contributed by atoms with E-state index in [1.54, 1.807) is 4.88 Å². The van der Waals surface area contributed by atoms with Gasteiger partial charge in [-0.25, -0.2) is 0 Å². The highest BCUT2D eigenvalue weighted by molar-refractivity contribution is 7.10. The number of piperazine rings is 1. The SMILES string of the molecule is CCCC[C@H](c1cccs1)N1CCNCC1. The van der Waals surface area contributed by atoms with Crippen molar-refractivity contribution < 1.29 is 0 Å². The van der Waals surface area contributed by atoms with Crippen molar-refractivity contribution in [1.82, 2.24) is 10.2 Å². The number of nitrogens with one attached hydrogen (secondary N) is 1. The highest BCUT2D eigenvalue weighted by atomic mass is 32.1. The van der Waals surface area contributed by atoms with Gasteiger partial charge in [0.15, 0.2) is 0 Å². The van der Waals surface area contributed by atoms with Crippen LogP contribution in [0.5, 0.6) is 0 Å². The molecular formula is C13H22N2S. The topological polar surface area (TPSA) is 15.3 Å². The van der Waals surface area contributed by atoms with Gasteiger partial charge in [-0.15, -0.1) is 11.3 Å². The fourth-order valence-electron chi connectivity index (χ4n) is 2.38. The van der Waals surface area contributed by atoms with E-state index >= 15 is 0 Å². The van der Waals surface area contributed by atoms with Crippen molar-refractivity contribution in [1.29, 1.82) is 0 Å². The van der Waals surface area contributed by atoms with Crippen molar-refractivity contribution in [3.8, 4) is 0 Å². The fraction of sp³-hybridized carbons (Fsp3) is 0.692. The summed E-state index contributed by atoms with van der Waals surface area (Å²) in [5.41, 5.74) is 0. The van der Waals surface area contributed by atoms with Gasteiger partial charge in [-0.1, -0.05) is 25.8 Å². The summed E-state index contributed by atoms with van der Waals surface area (Å²) in [4.78, 5) is 4.20. The number of nitrogens with zero attached hydrogens (tertiary/aromatic N) is 1. The summed E-state index contributed by atoms with van der Waals surface area (Å²) in [7, 11) is 0. The molecule has 0 spiro atoms. The molecule has 0 radical (unpaired) electrons. The number of hydrogen-bond donors (Lipinski definition) is 1. The molecule has 2 heterocycles. The zero-order valence-electron chi connectivity index (χ0n) is 10.1. The molecule has 16 heavy (non-hydrogen) atoms. The van der Waals surface area contributed by atoms with Gasteiger partial charge in [0.25, 0.3) is 0 Å². The van der Waals surface area contributed by atoms with Crippen LogP contribution in [0.1, 0.15) is 37.1 Å². The minimum atomic E-state index is 0.669. The highest BCUT2D eigenvalue weighted by Crippen LogP contribution is 2.29. The van der Waals surface area contributed by atoms with Crippen molar-refractivity contribution >= 4 is 11.3 Å². The quantitative estimate of drug-likeness (QED) is 0.848. The number of rotatable bonds is 5. The molecule has 0 saturated carbocycles. The lowest BCUT2D eigenvalue weighted by atomic mass is 10.1. The Morgan fingerprint density at radius 1 is 1.44 bits per heavy atom. The Morgan fingerprint density at radius 2 is 2.25 bits per heavy atom. The molecule has 1 saturated heterocycles. The first-order valence-electron chi connectivity index (χ1n) is 6.40. The van der Waals surface area contributed by atoms with Crippen LogP contribution in [0, 0.1) is 0 Å². The zero-order valence-corrected chi connectivity index (χ0v) is 10.9. The first kappa shape index (κ1) is 12.1. The van der Waals surface area contributed by atoms with E-state index in [1.807, 2.05) is 11.3 Å². The Balaban J connectivity index is 2.01. The van der Waals surface area contributed by atoms with Crippen molar-refractivity contribution in [3.63, 3.8) is 0 Å². The summed E-state index contributed by atoms with van der Waals surface area (Å²) in [6.45, 7) is 6.98. The van der Waals surface area contributed by atoms with Crippen molar-refractivity contribution in [2.75, 3.05) is 26.2 Å². The van der Waals surface area contributed by atoms with Crippen LogP contribution >= 0.6 is 11.3 Å². The third-order valence-electron chi connectivity index (χ3n) is 3.30. The molecule has 90 valence electrons. The van der Waals surface area contributed by atoms with E-state index in [4.69, 9.17) is 0 Å². The predicted octanol–water partition coefficient (Wildman–Crippen LogP) is 2.88. The molecule has 3 heteroatoms. The summed E-state index contributed by atoms with van der Waals surface area (Å²) in [6, 6.07) is 5.15. The van der Waals surface area contributed by atoms with Crippen LogP contribution in [0.2, 0.25) is 0 Å². The fourth-order valence-corrected chi connectivity index (χ4v) is 3.27. The second kappa shape index (κ2) is 6.38. The van der Waals surface area contributed by atoms with Crippen LogP contribution in [-0.4, -0.2) is 31.1 Å². The van der Waals surface area contributed by atoms with E-state index in [1.165, 1.54) is 32.4 Å². The molecule has 2 rings (SSSR count). The number of thiophene rings is 1. The number of hydrogen-bond acceptors (Lipinski definition) is 3. The minimum Gasteiger partial charge on any atom is -0.314 e. The summed E-state index contributed by atoms with van der Waals surface area (Å²) < 4.78 is 0.